The molecule has 1 aliphatic heterocycles. The summed E-state index contributed by atoms with van der Waals surface area (Å²) in [7, 11) is 0. The second-order valence-corrected chi connectivity index (χ2v) is 5.98. The van der Waals surface area contributed by atoms with Crippen LogP contribution < -0.4 is 0 Å². The highest BCUT2D eigenvalue weighted by atomic mass is 79.9. The van der Waals surface area contributed by atoms with E-state index in [2.05, 4.69) is 67.0 Å². The molecule has 0 atom stereocenters. The van der Waals surface area contributed by atoms with E-state index in [1.165, 1.54) is 22.0 Å². The van der Waals surface area contributed by atoms with Crippen molar-refractivity contribution < 1.29 is 0 Å². The van der Waals surface area contributed by atoms with E-state index >= 15 is 0 Å². The molecule has 1 nitrogen and oxygen atoms in total. The predicted octanol–water partition coefficient (Wildman–Crippen LogP) is 4.99. The number of benzene rings is 2. The largest absolute Gasteiger partial charge is 0.256 e. The van der Waals surface area contributed by atoms with Crippen molar-refractivity contribution in [2.24, 2.45) is 4.99 Å². The number of hydrogen-bond acceptors (Lipinski definition) is 1. The first-order valence-electron chi connectivity index (χ1n) is 5.79. The topological polar surface area (TPSA) is 12.4 Å². The zero-order chi connectivity index (χ0) is 12.2. The van der Waals surface area contributed by atoms with E-state index in [-0.39, 0.29) is 5.41 Å². The Kier molecular flexibility index (Phi) is 2.21. The minimum absolute atomic E-state index is 0.0265. The molecule has 3 rings (SSSR count). The lowest BCUT2D eigenvalue weighted by Crippen LogP contribution is -2.22. The zero-order valence-corrected chi connectivity index (χ0v) is 11.8. The Bertz CT molecular complexity index is 653. The molecule has 0 fully saturated rings. The van der Waals surface area contributed by atoms with Gasteiger partial charge in [-0.05, 0) is 45.3 Å². The normalized spacial score (nSPS) is 17.1. The van der Waals surface area contributed by atoms with Gasteiger partial charge < -0.3 is 0 Å². The summed E-state index contributed by atoms with van der Waals surface area (Å²) >= 11 is 3.64. The molecule has 0 radical (unpaired) electrons. The van der Waals surface area contributed by atoms with E-state index in [4.69, 9.17) is 4.99 Å². The first kappa shape index (κ1) is 11.0. The lowest BCUT2D eigenvalue weighted by molar-refractivity contribution is 0.740. The number of aliphatic imine (C=N–C) groups is 1. The lowest BCUT2D eigenvalue weighted by Gasteiger charge is -2.22. The van der Waals surface area contributed by atoms with Gasteiger partial charge in [0, 0.05) is 15.6 Å². The average Bonchev–Trinajstić information content (AvgIpc) is 2.52. The Morgan fingerprint density at radius 1 is 1.18 bits per heavy atom. The molecule has 0 N–H and O–H groups in total. The van der Waals surface area contributed by atoms with Crippen LogP contribution in [0.1, 0.15) is 26.3 Å². The molecule has 0 saturated heterocycles. The number of halogens is 1. The minimum Gasteiger partial charge on any atom is -0.256 e. The summed E-state index contributed by atoms with van der Waals surface area (Å²) in [6.45, 7) is 6.61. The second-order valence-electron chi connectivity index (χ2n) is 5.13. The number of fused-ring (bicyclic) bond motifs is 3. The highest BCUT2D eigenvalue weighted by molar-refractivity contribution is 9.10. The summed E-state index contributed by atoms with van der Waals surface area (Å²) in [6.07, 6.45) is 0. The number of hydrogen-bond donors (Lipinski definition) is 0. The van der Waals surface area contributed by atoms with Gasteiger partial charge in [-0.15, -0.1) is 0 Å². The van der Waals surface area contributed by atoms with Crippen molar-refractivity contribution in [2.45, 2.75) is 26.2 Å². The molecule has 0 saturated carbocycles. The van der Waals surface area contributed by atoms with Crippen molar-refractivity contribution in [1.82, 2.24) is 0 Å². The van der Waals surface area contributed by atoms with Gasteiger partial charge in [0.25, 0.3) is 0 Å². The molecule has 0 amide bonds. The van der Waals surface area contributed by atoms with E-state index in [0.29, 0.717) is 0 Å². The maximum Gasteiger partial charge on any atom is 0.0818 e. The van der Waals surface area contributed by atoms with Gasteiger partial charge in [0.2, 0.25) is 0 Å². The van der Waals surface area contributed by atoms with Crippen molar-refractivity contribution in [3.8, 4) is 0 Å². The predicted molar refractivity (Wildman–Crippen MR) is 77.4 cm³/mol. The third-order valence-electron chi connectivity index (χ3n) is 3.78. The maximum absolute atomic E-state index is 4.72. The van der Waals surface area contributed by atoms with Crippen molar-refractivity contribution in [2.75, 3.05) is 0 Å². The van der Waals surface area contributed by atoms with E-state index in [0.717, 1.165) is 10.2 Å². The van der Waals surface area contributed by atoms with Crippen LogP contribution in [0.3, 0.4) is 0 Å². The Balaban J connectivity index is 2.50. The molecule has 2 aromatic rings. The van der Waals surface area contributed by atoms with Crippen LogP contribution in [0.2, 0.25) is 0 Å². The standard InChI is InChI=1S/C15H14BrN/c1-9-15(2,3)13-11-7-5-4-6-10(11)8-12(16)14(13)17-9/h4-8H,1-3H3. The van der Waals surface area contributed by atoms with Crippen LogP contribution >= 0.6 is 15.9 Å². The Morgan fingerprint density at radius 3 is 2.65 bits per heavy atom. The van der Waals surface area contributed by atoms with Crippen molar-refractivity contribution in [3.05, 3.63) is 40.4 Å². The van der Waals surface area contributed by atoms with E-state index in [1.54, 1.807) is 0 Å². The first-order chi connectivity index (χ1) is 8.01. The third-order valence-corrected chi connectivity index (χ3v) is 4.39. The van der Waals surface area contributed by atoms with E-state index in [9.17, 15) is 0 Å². The first-order valence-corrected chi connectivity index (χ1v) is 6.58. The van der Waals surface area contributed by atoms with Crippen LogP contribution in [0.15, 0.2) is 39.8 Å². The van der Waals surface area contributed by atoms with Gasteiger partial charge in [-0.25, -0.2) is 0 Å². The van der Waals surface area contributed by atoms with Gasteiger partial charge in [0.1, 0.15) is 0 Å². The number of rotatable bonds is 0. The Hall–Kier alpha value is -1.15. The monoisotopic (exact) mass is 287 g/mol. The fourth-order valence-corrected chi connectivity index (χ4v) is 3.07. The maximum atomic E-state index is 4.72. The van der Waals surface area contributed by atoms with Crippen LogP contribution in [-0.2, 0) is 5.41 Å². The summed E-state index contributed by atoms with van der Waals surface area (Å²) in [5.41, 5.74) is 3.66. The molecule has 0 spiro atoms. The van der Waals surface area contributed by atoms with Crippen LogP contribution in [0.25, 0.3) is 10.8 Å². The highest BCUT2D eigenvalue weighted by Crippen LogP contribution is 2.47. The lowest BCUT2D eigenvalue weighted by atomic mass is 9.80. The summed E-state index contributed by atoms with van der Waals surface area (Å²) in [5, 5.41) is 2.59. The van der Waals surface area contributed by atoms with Crippen molar-refractivity contribution >= 4 is 38.1 Å². The van der Waals surface area contributed by atoms with Gasteiger partial charge in [-0.2, -0.15) is 0 Å². The second kappa shape index (κ2) is 3.42. The molecule has 1 aliphatic rings. The summed E-state index contributed by atoms with van der Waals surface area (Å²) in [6, 6.07) is 10.7. The molecule has 0 aromatic heterocycles. The molecule has 1 heterocycles. The molecule has 0 aliphatic carbocycles. The summed E-state index contributed by atoms with van der Waals surface area (Å²) in [5.74, 6) is 0. The van der Waals surface area contributed by atoms with Crippen LogP contribution in [0.5, 0.6) is 0 Å². The fourth-order valence-electron chi connectivity index (χ4n) is 2.53. The SMILES string of the molecule is CC1=Nc2c(Br)cc3ccccc3c2C1(C)C. The van der Waals surface area contributed by atoms with Gasteiger partial charge in [0.15, 0.2) is 0 Å². The van der Waals surface area contributed by atoms with E-state index < -0.39 is 0 Å². The molecule has 0 unspecified atom stereocenters. The smallest absolute Gasteiger partial charge is 0.0818 e. The summed E-state index contributed by atoms with van der Waals surface area (Å²) < 4.78 is 1.09. The Morgan fingerprint density at radius 2 is 1.88 bits per heavy atom. The van der Waals surface area contributed by atoms with Gasteiger partial charge >= 0.3 is 0 Å². The minimum atomic E-state index is 0.0265. The highest BCUT2D eigenvalue weighted by Gasteiger charge is 2.34. The summed E-state index contributed by atoms with van der Waals surface area (Å²) in [4.78, 5) is 4.72. The molecule has 86 valence electrons. The molecule has 17 heavy (non-hydrogen) atoms. The molecular formula is C15H14BrN. The zero-order valence-electron chi connectivity index (χ0n) is 10.2. The number of nitrogens with zero attached hydrogens (tertiary/aromatic N) is 1. The Labute approximate surface area is 110 Å². The van der Waals surface area contributed by atoms with Crippen LogP contribution in [-0.4, -0.2) is 5.71 Å². The van der Waals surface area contributed by atoms with Crippen LogP contribution in [0, 0.1) is 0 Å². The molecule has 0 bridgehead atoms. The van der Waals surface area contributed by atoms with E-state index in [1.807, 2.05) is 0 Å². The molecule has 2 heteroatoms. The van der Waals surface area contributed by atoms with Gasteiger partial charge in [-0.3, -0.25) is 4.99 Å². The van der Waals surface area contributed by atoms with Gasteiger partial charge in [0.05, 0.1) is 5.69 Å². The van der Waals surface area contributed by atoms with Crippen molar-refractivity contribution in [3.63, 3.8) is 0 Å². The van der Waals surface area contributed by atoms with Gasteiger partial charge in [-0.1, -0.05) is 38.1 Å². The molecule has 2 aromatic carbocycles. The average molecular weight is 288 g/mol. The fraction of sp³-hybridized carbons (Fsp3) is 0.267. The third kappa shape index (κ3) is 1.40. The van der Waals surface area contributed by atoms with Crippen LogP contribution in [0.4, 0.5) is 5.69 Å². The molecular weight excluding hydrogens is 274 g/mol. The quantitative estimate of drug-likeness (QED) is 0.648. The van der Waals surface area contributed by atoms with Crippen molar-refractivity contribution in [1.29, 1.82) is 0 Å².